The fourth-order valence-corrected chi connectivity index (χ4v) is 2.07. The molecule has 2 amide bonds. The molecule has 1 N–H and O–H groups in total. The number of piperazine rings is 1. The van der Waals surface area contributed by atoms with E-state index in [1.165, 1.54) is 12.5 Å². The molecule has 2 heterocycles. The minimum atomic E-state index is -0.351. The van der Waals surface area contributed by atoms with Crippen LogP contribution in [0.5, 0.6) is 0 Å². The van der Waals surface area contributed by atoms with E-state index in [0.717, 1.165) is 6.42 Å². The van der Waals surface area contributed by atoms with E-state index in [0.29, 0.717) is 25.1 Å². The van der Waals surface area contributed by atoms with Crippen LogP contribution in [-0.4, -0.2) is 35.8 Å². The third kappa shape index (κ3) is 2.33. The molecule has 0 aromatic carbocycles. The first kappa shape index (κ1) is 11.7. The van der Waals surface area contributed by atoms with E-state index in [9.17, 15) is 9.59 Å². The van der Waals surface area contributed by atoms with Gasteiger partial charge in [0.15, 0.2) is 0 Å². The highest BCUT2D eigenvalue weighted by atomic mass is 16.3. The molecule has 17 heavy (non-hydrogen) atoms. The number of rotatable bonds is 3. The second kappa shape index (κ2) is 5.03. The van der Waals surface area contributed by atoms with Crippen LogP contribution in [0.4, 0.5) is 0 Å². The van der Waals surface area contributed by atoms with Crippen LogP contribution in [0.2, 0.25) is 0 Å². The summed E-state index contributed by atoms with van der Waals surface area (Å²) in [5, 5.41) is 2.79. The monoisotopic (exact) mass is 236 g/mol. The number of furan rings is 1. The van der Waals surface area contributed by atoms with Crippen LogP contribution in [0.15, 0.2) is 23.0 Å². The van der Waals surface area contributed by atoms with Crippen LogP contribution in [0.1, 0.15) is 30.1 Å². The fraction of sp³-hybridized carbons (Fsp3) is 0.500. The summed E-state index contributed by atoms with van der Waals surface area (Å²) in [6, 6.07) is 1.27. The van der Waals surface area contributed by atoms with Gasteiger partial charge in [-0.3, -0.25) is 9.59 Å². The number of nitrogens with zero attached hydrogens (tertiary/aromatic N) is 1. The van der Waals surface area contributed by atoms with E-state index in [2.05, 4.69) is 5.32 Å². The van der Waals surface area contributed by atoms with Crippen molar-refractivity contribution in [3.63, 3.8) is 0 Å². The topological polar surface area (TPSA) is 62.6 Å². The first-order chi connectivity index (χ1) is 8.24. The summed E-state index contributed by atoms with van der Waals surface area (Å²) in [6.45, 7) is 3.07. The van der Waals surface area contributed by atoms with Gasteiger partial charge in [-0.1, -0.05) is 13.3 Å². The van der Waals surface area contributed by atoms with Crippen molar-refractivity contribution < 1.29 is 14.0 Å². The van der Waals surface area contributed by atoms with Gasteiger partial charge >= 0.3 is 0 Å². The quantitative estimate of drug-likeness (QED) is 0.852. The molecule has 1 unspecified atom stereocenters. The van der Waals surface area contributed by atoms with E-state index < -0.39 is 0 Å². The Balaban J connectivity index is 2.17. The summed E-state index contributed by atoms with van der Waals surface area (Å²) in [4.78, 5) is 25.5. The smallest absolute Gasteiger partial charge is 0.257 e. The van der Waals surface area contributed by atoms with Gasteiger partial charge in [0.1, 0.15) is 12.3 Å². The second-order valence-electron chi connectivity index (χ2n) is 4.11. The van der Waals surface area contributed by atoms with Crippen molar-refractivity contribution in [3.05, 3.63) is 24.2 Å². The molecular weight excluding hydrogens is 220 g/mol. The lowest BCUT2D eigenvalue weighted by Gasteiger charge is -2.34. The first-order valence-corrected chi connectivity index (χ1v) is 5.85. The predicted octanol–water partition coefficient (Wildman–Crippen LogP) is 1.02. The molecule has 0 spiro atoms. The molecule has 1 aliphatic rings. The van der Waals surface area contributed by atoms with Crippen LogP contribution in [0, 0.1) is 0 Å². The standard InChI is InChI=1S/C12H16N2O3/c1-2-3-10-11(15)13-5-6-14(10)12(16)9-4-7-17-8-9/h4,7-8,10H,2-3,5-6H2,1H3,(H,13,15). The summed E-state index contributed by atoms with van der Waals surface area (Å²) < 4.78 is 4.90. The number of carbonyl (C=O) groups is 2. The molecule has 1 atom stereocenters. The third-order valence-corrected chi connectivity index (χ3v) is 2.92. The molecule has 1 aromatic rings. The average molecular weight is 236 g/mol. The Bertz CT molecular complexity index is 400. The SMILES string of the molecule is CCCC1C(=O)NCCN1C(=O)c1ccoc1. The lowest BCUT2D eigenvalue weighted by molar-refractivity contribution is -0.128. The summed E-state index contributed by atoms with van der Waals surface area (Å²) in [7, 11) is 0. The Labute approximate surface area is 99.8 Å². The van der Waals surface area contributed by atoms with E-state index >= 15 is 0 Å². The molecule has 1 saturated heterocycles. The minimum absolute atomic E-state index is 0.0602. The molecule has 2 rings (SSSR count). The number of hydrogen-bond acceptors (Lipinski definition) is 3. The number of amides is 2. The molecule has 1 aromatic heterocycles. The van der Waals surface area contributed by atoms with Crippen molar-refractivity contribution in [1.29, 1.82) is 0 Å². The van der Waals surface area contributed by atoms with Crippen molar-refractivity contribution in [2.45, 2.75) is 25.8 Å². The van der Waals surface area contributed by atoms with Crippen molar-refractivity contribution >= 4 is 11.8 Å². The first-order valence-electron chi connectivity index (χ1n) is 5.85. The van der Waals surface area contributed by atoms with Crippen molar-refractivity contribution in [2.75, 3.05) is 13.1 Å². The molecule has 0 saturated carbocycles. The van der Waals surface area contributed by atoms with Crippen LogP contribution in [-0.2, 0) is 4.79 Å². The number of carbonyl (C=O) groups excluding carboxylic acids is 2. The molecule has 92 valence electrons. The van der Waals surface area contributed by atoms with Gasteiger partial charge in [0.2, 0.25) is 5.91 Å². The van der Waals surface area contributed by atoms with Gasteiger partial charge in [0, 0.05) is 13.1 Å². The zero-order valence-corrected chi connectivity index (χ0v) is 9.81. The molecular formula is C12H16N2O3. The van der Waals surface area contributed by atoms with Gasteiger partial charge in [-0.25, -0.2) is 0 Å². The average Bonchev–Trinajstić information content (AvgIpc) is 2.85. The van der Waals surface area contributed by atoms with E-state index in [1.807, 2.05) is 6.92 Å². The molecule has 1 fully saturated rings. The largest absolute Gasteiger partial charge is 0.472 e. The molecule has 0 aliphatic carbocycles. The van der Waals surface area contributed by atoms with E-state index in [-0.39, 0.29) is 17.9 Å². The Kier molecular flexibility index (Phi) is 3.46. The van der Waals surface area contributed by atoms with Crippen LogP contribution in [0.25, 0.3) is 0 Å². The predicted molar refractivity (Wildman–Crippen MR) is 61.5 cm³/mol. The zero-order valence-electron chi connectivity index (χ0n) is 9.81. The maximum absolute atomic E-state index is 12.2. The van der Waals surface area contributed by atoms with Gasteiger partial charge in [0.05, 0.1) is 11.8 Å². The van der Waals surface area contributed by atoms with Gasteiger partial charge in [-0.15, -0.1) is 0 Å². The lowest BCUT2D eigenvalue weighted by Crippen LogP contribution is -2.57. The summed E-state index contributed by atoms with van der Waals surface area (Å²) in [5.74, 6) is -0.193. The zero-order chi connectivity index (χ0) is 12.3. The van der Waals surface area contributed by atoms with E-state index in [4.69, 9.17) is 4.42 Å². The second-order valence-corrected chi connectivity index (χ2v) is 4.11. The summed E-state index contributed by atoms with van der Waals surface area (Å²) >= 11 is 0. The molecule has 1 aliphatic heterocycles. The molecule has 5 nitrogen and oxygen atoms in total. The van der Waals surface area contributed by atoms with Crippen molar-refractivity contribution in [1.82, 2.24) is 10.2 Å². The van der Waals surface area contributed by atoms with Crippen LogP contribution < -0.4 is 5.32 Å². The van der Waals surface area contributed by atoms with Gasteiger partial charge in [-0.2, -0.15) is 0 Å². The Morgan fingerprint density at radius 1 is 1.65 bits per heavy atom. The molecule has 0 bridgehead atoms. The van der Waals surface area contributed by atoms with E-state index in [1.54, 1.807) is 11.0 Å². The highest BCUT2D eigenvalue weighted by Crippen LogP contribution is 2.15. The van der Waals surface area contributed by atoms with Gasteiger partial charge in [0.25, 0.3) is 5.91 Å². The minimum Gasteiger partial charge on any atom is -0.472 e. The third-order valence-electron chi connectivity index (χ3n) is 2.92. The van der Waals surface area contributed by atoms with Crippen molar-refractivity contribution in [3.8, 4) is 0 Å². The number of nitrogens with one attached hydrogen (secondary N) is 1. The van der Waals surface area contributed by atoms with Crippen molar-refractivity contribution in [2.24, 2.45) is 0 Å². The Morgan fingerprint density at radius 3 is 3.12 bits per heavy atom. The highest BCUT2D eigenvalue weighted by Gasteiger charge is 2.32. The highest BCUT2D eigenvalue weighted by molar-refractivity contribution is 5.97. The molecule has 5 heteroatoms. The normalized spacial score (nSPS) is 20.2. The molecule has 0 radical (unpaired) electrons. The fourth-order valence-electron chi connectivity index (χ4n) is 2.07. The lowest BCUT2D eigenvalue weighted by atomic mass is 10.1. The summed E-state index contributed by atoms with van der Waals surface area (Å²) in [5.41, 5.74) is 0.501. The number of hydrogen-bond donors (Lipinski definition) is 1. The van der Waals surface area contributed by atoms with Crippen LogP contribution in [0.3, 0.4) is 0 Å². The summed E-state index contributed by atoms with van der Waals surface area (Å²) in [6.07, 6.45) is 4.44. The Hall–Kier alpha value is -1.78. The van der Waals surface area contributed by atoms with Gasteiger partial charge < -0.3 is 14.6 Å². The Morgan fingerprint density at radius 2 is 2.47 bits per heavy atom. The maximum Gasteiger partial charge on any atom is 0.257 e. The maximum atomic E-state index is 12.2. The van der Waals surface area contributed by atoms with Crippen LogP contribution >= 0.6 is 0 Å². The van der Waals surface area contributed by atoms with Gasteiger partial charge in [-0.05, 0) is 12.5 Å².